The monoisotopic (exact) mass is 336 g/mol. The third-order valence-corrected chi connectivity index (χ3v) is 4.42. The first-order valence-electron chi connectivity index (χ1n) is 9.02. The largest absolute Gasteiger partial charge is 0.491 e. The van der Waals surface area contributed by atoms with Crippen molar-refractivity contribution in [1.29, 1.82) is 0 Å². The van der Waals surface area contributed by atoms with Gasteiger partial charge < -0.3 is 14.9 Å². The van der Waals surface area contributed by atoms with Crippen LogP contribution in [0.5, 0.6) is 5.75 Å². The fourth-order valence-corrected chi connectivity index (χ4v) is 3.39. The zero-order valence-corrected chi connectivity index (χ0v) is 15.0. The summed E-state index contributed by atoms with van der Waals surface area (Å²) in [7, 11) is 0. The Morgan fingerprint density at radius 2 is 2.04 bits per heavy atom. The second-order valence-electron chi connectivity index (χ2n) is 7.01. The molecule has 1 saturated heterocycles. The highest BCUT2D eigenvalue weighted by Gasteiger charge is 2.26. The maximum absolute atomic E-state index is 9.38. The topological polar surface area (TPSA) is 56.2 Å². The van der Waals surface area contributed by atoms with Gasteiger partial charge in [0.25, 0.3) is 0 Å². The van der Waals surface area contributed by atoms with Crippen molar-refractivity contribution in [3.8, 4) is 5.75 Å². The van der Waals surface area contributed by atoms with Crippen LogP contribution >= 0.6 is 0 Å². The van der Waals surface area contributed by atoms with E-state index in [4.69, 9.17) is 9.84 Å². The van der Waals surface area contributed by atoms with Gasteiger partial charge in [0.1, 0.15) is 12.4 Å². The van der Waals surface area contributed by atoms with E-state index in [2.05, 4.69) is 35.8 Å². The molecule has 0 bridgehead atoms. The highest BCUT2D eigenvalue weighted by atomic mass is 16.5. The SMILES string of the molecule is CC(C)CN1CCN(Cc2cccc(OCCO)c2)C[C@@H]1CCO. The van der Waals surface area contributed by atoms with Crippen molar-refractivity contribution in [3.63, 3.8) is 0 Å². The molecule has 1 fully saturated rings. The minimum atomic E-state index is 0.0326. The summed E-state index contributed by atoms with van der Waals surface area (Å²) < 4.78 is 5.50. The molecule has 0 radical (unpaired) electrons. The van der Waals surface area contributed by atoms with Gasteiger partial charge in [-0.1, -0.05) is 26.0 Å². The Bertz CT molecular complexity index is 481. The predicted molar refractivity (Wildman–Crippen MR) is 96.2 cm³/mol. The fourth-order valence-electron chi connectivity index (χ4n) is 3.39. The second-order valence-corrected chi connectivity index (χ2v) is 7.01. The molecule has 0 amide bonds. The standard InChI is InChI=1S/C19H32N2O3/c1-16(2)13-21-8-7-20(15-18(21)6-9-22)14-17-4-3-5-19(12-17)24-11-10-23/h3-5,12,16,18,22-23H,6-11,13-15H2,1-2H3/t18-/m0/s1. The van der Waals surface area contributed by atoms with Crippen LogP contribution in [0.2, 0.25) is 0 Å². The summed E-state index contributed by atoms with van der Waals surface area (Å²) in [5.74, 6) is 1.46. The number of hydrogen-bond acceptors (Lipinski definition) is 5. The van der Waals surface area contributed by atoms with Crippen molar-refractivity contribution in [2.75, 3.05) is 46.0 Å². The summed E-state index contributed by atoms with van der Waals surface area (Å²) in [6.07, 6.45) is 0.836. The molecule has 1 atom stereocenters. The van der Waals surface area contributed by atoms with Crippen molar-refractivity contribution in [1.82, 2.24) is 9.80 Å². The minimum Gasteiger partial charge on any atom is -0.491 e. The molecule has 2 rings (SSSR count). The van der Waals surface area contributed by atoms with Crippen LogP contribution in [0.3, 0.4) is 0 Å². The Balaban J connectivity index is 1.93. The lowest BCUT2D eigenvalue weighted by Gasteiger charge is -2.42. The van der Waals surface area contributed by atoms with Gasteiger partial charge in [0.05, 0.1) is 6.61 Å². The molecule has 1 heterocycles. The third kappa shape index (κ3) is 6.06. The lowest BCUT2D eigenvalue weighted by atomic mass is 10.1. The van der Waals surface area contributed by atoms with Crippen LogP contribution in [0.25, 0.3) is 0 Å². The van der Waals surface area contributed by atoms with Gasteiger partial charge in [0.15, 0.2) is 0 Å². The maximum atomic E-state index is 9.38. The number of aliphatic hydroxyl groups is 2. The number of rotatable bonds is 9. The van der Waals surface area contributed by atoms with E-state index in [0.717, 1.165) is 44.9 Å². The van der Waals surface area contributed by atoms with Crippen molar-refractivity contribution >= 4 is 0 Å². The quantitative estimate of drug-likeness (QED) is 0.717. The Labute approximate surface area is 145 Å². The van der Waals surface area contributed by atoms with Gasteiger partial charge in [-0.25, -0.2) is 0 Å². The van der Waals surface area contributed by atoms with Crippen molar-refractivity contribution < 1.29 is 14.9 Å². The van der Waals surface area contributed by atoms with Crippen LogP contribution in [0.15, 0.2) is 24.3 Å². The Morgan fingerprint density at radius 1 is 1.21 bits per heavy atom. The Kier molecular flexibility index (Phi) is 7.99. The lowest BCUT2D eigenvalue weighted by molar-refractivity contribution is 0.0476. The molecule has 0 spiro atoms. The maximum Gasteiger partial charge on any atom is 0.119 e. The fraction of sp³-hybridized carbons (Fsp3) is 0.684. The summed E-state index contributed by atoms with van der Waals surface area (Å²) in [6.45, 7) is 10.2. The van der Waals surface area contributed by atoms with Crippen LogP contribution in [0.1, 0.15) is 25.8 Å². The van der Waals surface area contributed by atoms with Gasteiger partial charge in [-0.2, -0.15) is 0 Å². The predicted octanol–water partition coefficient (Wildman–Crippen LogP) is 1.58. The number of ether oxygens (including phenoxy) is 1. The molecule has 1 aliphatic rings. The smallest absolute Gasteiger partial charge is 0.119 e. The van der Waals surface area contributed by atoms with Gasteiger partial charge in [-0.05, 0) is 30.0 Å². The Morgan fingerprint density at radius 3 is 2.75 bits per heavy atom. The molecule has 24 heavy (non-hydrogen) atoms. The highest BCUT2D eigenvalue weighted by molar-refractivity contribution is 5.28. The van der Waals surface area contributed by atoms with Crippen LogP contribution in [0, 0.1) is 5.92 Å². The lowest BCUT2D eigenvalue weighted by Crippen LogP contribution is -2.53. The van der Waals surface area contributed by atoms with E-state index < -0.39 is 0 Å². The first-order valence-corrected chi connectivity index (χ1v) is 9.02. The number of hydrogen-bond donors (Lipinski definition) is 2. The van der Waals surface area contributed by atoms with Gasteiger partial charge in [0, 0.05) is 45.4 Å². The number of nitrogens with zero attached hydrogens (tertiary/aromatic N) is 2. The molecule has 0 aromatic heterocycles. The molecule has 1 aromatic rings. The van der Waals surface area contributed by atoms with E-state index in [1.807, 2.05) is 12.1 Å². The summed E-state index contributed by atoms with van der Waals surface area (Å²) >= 11 is 0. The second kappa shape index (κ2) is 9.99. The molecule has 2 N–H and O–H groups in total. The van der Waals surface area contributed by atoms with Gasteiger partial charge >= 0.3 is 0 Å². The summed E-state index contributed by atoms with van der Waals surface area (Å²) in [5, 5.41) is 18.2. The van der Waals surface area contributed by atoms with Crippen LogP contribution in [-0.2, 0) is 6.54 Å². The molecule has 0 aliphatic carbocycles. The van der Waals surface area contributed by atoms with Gasteiger partial charge in [-0.15, -0.1) is 0 Å². The van der Waals surface area contributed by atoms with E-state index in [0.29, 0.717) is 18.6 Å². The number of benzene rings is 1. The van der Waals surface area contributed by atoms with E-state index >= 15 is 0 Å². The van der Waals surface area contributed by atoms with Crippen LogP contribution < -0.4 is 4.74 Å². The minimum absolute atomic E-state index is 0.0326. The molecule has 1 aromatic carbocycles. The van der Waals surface area contributed by atoms with E-state index in [1.54, 1.807) is 0 Å². The van der Waals surface area contributed by atoms with E-state index in [9.17, 15) is 5.11 Å². The summed E-state index contributed by atoms with van der Waals surface area (Å²) in [5.41, 5.74) is 1.23. The van der Waals surface area contributed by atoms with Gasteiger partial charge in [0.2, 0.25) is 0 Å². The van der Waals surface area contributed by atoms with Crippen molar-refractivity contribution in [2.45, 2.75) is 32.9 Å². The molecule has 0 saturated carbocycles. The average molecular weight is 336 g/mol. The number of aliphatic hydroxyl groups excluding tert-OH is 2. The number of piperazine rings is 1. The molecule has 0 unspecified atom stereocenters. The molecule has 5 heteroatoms. The van der Waals surface area contributed by atoms with E-state index in [-0.39, 0.29) is 13.2 Å². The summed E-state index contributed by atoms with van der Waals surface area (Å²) in [4.78, 5) is 4.99. The molecular formula is C19H32N2O3. The molecular weight excluding hydrogens is 304 g/mol. The molecule has 5 nitrogen and oxygen atoms in total. The van der Waals surface area contributed by atoms with Crippen LogP contribution in [0.4, 0.5) is 0 Å². The Hall–Kier alpha value is -1.14. The zero-order chi connectivity index (χ0) is 17.4. The van der Waals surface area contributed by atoms with Gasteiger partial charge in [-0.3, -0.25) is 9.80 Å². The van der Waals surface area contributed by atoms with E-state index in [1.165, 1.54) is 5.56 Å². The first-order chi connectivity index (χ1) is 11.6. The third-order valence-electron chi connectivity index (χ3n) is 4.42. The van der Waals surface area contributed by atoms with Crippen molar-refractivity contribution in [3.05, 3.63) is 29.8 Å². The summed E-state index contributed by atoms with van der Waals surface area (Å²) in [6, 6.07) is 8.53. The zero-order valence-electron chi connectivity index (χ0n) is 15.0. The normalized spacial score (nSPS) is 19.8. The molecule has 1 aliphatic heterocycles. The average Bonchev–Trinajstić information content (AvgIpc) is 2.55. The molecule has 136 valence electrons. The highest BCUT2D eigenvalue weighted by Crippen LogP contribution is 2.19. The van der Waals surface area contributed by atoms with Crippen LogP contribution in [-0.4, -0.2) is 72.1 Å². The first kappa shape index (κ1) is 19.2. The van der Waals surface area contributed by atoms with Crippen molar-refractivity contribution in [2.24, 2.45) is 5.92 Å².